The van der Waals surface area contributed by atoms with Crippen LogP contribution in [0.2, 0.25) is 0 Å². The van der Waals surface area contributed by atoms with Crippen molar-refractivity contribution in [2.75, 3.05) is 6.54 Å². The predicted octanol–water partition coefficient (Wildman–Crippen LogP) is 1.92. The zero-order valence-electron chi connectivity index (χ0n) is 12.6. The average molecular weight is 333 g/mol. The molecule has 8 heteroatoms. The molecule has 120 valence electrons. The van der Waals surface area contributed by atoms with Gasteiger partial charge in [0.2, 0.25) is 10.9 Å². The summed E-state index contributed by atoms with van der Waals surface area (Å²) in [6, 6.07) is 6.32. The maximum Gasteiger partial charge on any atom is 0.234 e. The van der Waals surface area contributed by atoms with Crippen molar-refractivity contribution >= 4 is 22.2 Å². The molecule has 2 aromatic heterocycles. The van der Waals surface area contributed by atoms with E-state index in [0.717, 1.165) is 21.4 Å². The number of amides is 1. The van der Waals surface area contributed by atoms with Crippen molar-refractivity contribution in [3.63, 3.8) is 0 Å². The standard InChI is InChI=1S/C15H16FN5OS/c1-10-18-19-15-21(10)20-14(23-15)7-8-17-13(22)6-5-11-3-2-4-12(16)9-11/h2-4,9H,5-8H2,1H3,(H,17,22). The average Bonchev–Trinajstić information content (AvgIpc) is 3.07. The molecule has 0 aliphatic rings. The fourth-order valence-corrected chi connectivity index (χ4v) is 3.08. The molecular weight excluding hydrogens is 317 g/mol. The van der Waals surface area contributed by atoms with Crippen molar-refractivity contribution in [3.05, 3.63) is 46.5 Å². The number of carbonyl (C=O) groups is 1. The number of benzene rings is 1. The van der Waals surface area contributed by atoms with E-state index < -0.39 is 0 Å². The molecule has 0 bridgehead atoms. The monoisotopic (exact) mass is 333 g/mol. The molecule has 0 aliphatic heterocycles. The number of halogens is 1. The summed E-state index contributed by atoms with van der Waals surface area (Å²) in [7, 11) is 0. The Morgan fingerprint density at radius 1 is 1.35 bits per heavy atom. The minimum absolute atomic E-state index is 0.0477. The number of aryl methyl sites for hydroxylation is 2. The van der Waals surface area contributed by atoms with E-state index >= 15 is 0 Å². The summed E-state index contributed by atoms with van der Waals surface area (Å²) in [5.74, 6) is 0.427. The molecule has 0 aliphatic carbocycles. The first-order chi connectivity index (χ1) is 11.1. The highest BCUT2D eigenvalue weighted by atomic mass is 32.1. The van der Waals surface area contributed by atoms with Crippen molar-refractivity contribution in [2.45, 2.75) is 26.2 Å². The van der Waals surface area contributed by atoms with Gasteiger partial charge in [0.1, 0.15) is 10.8 Å². The van der Waals surface area contributed by atoms with Crippen molar-refractivity contribution in [2.24, 2.45) is 0 Å². The quantitative estimate of drug-likeness (QED) is 0.748. The molecule has 0 fully saturated rings. The maximum absolute atomic E-state index is 13.1. The highest BCUT2D eigenvalue weighted by molar-refractivity contribution is 7.16. The molecule has 6 nitrogen and oxygen atoms in total. The largest absolute Gasteiger partial charge is 0.356 e. The number of hydrogen-bond acceptors (Lipinski definition) is 5. The fraction of sp³-hybridized carbons (Fsp3) is 0.333. The van der Waals surface area contributed by atoms with Crippen LogP contribution in [-0.2, 0) is 17.6 Å². The molecule has 1 amide bonds. The number of aromatic nitrogens is 4. The van der Waals surface area contributed by atoms with Gasteiger partial charge in [0.05, 0.1) is 0 Å². The second-order valence-corrected chi connectivity index (χ2v) is 6.21. The smallest absolute Gasteiger partial charge is 0.234 e. The van der Waals surface area contributed by atoms with Gasteiger partial charge in [-0.1, -0.05) is 23.5 Å². The number of carbonyl (C=O) groups excluding carboxylic acids is 1. The molecule has 0 spiro atoms. The first kappa shape index (κ1) is 15.5. The van der Waals surface area contributed by atoms with Crippen LogP contribution in [0.1, 0.15) is 22.8 Å². The van der Waals surface area contributed by atoms with E-state index in [0.29, 0.717) is 25.8 Å². The molecule has 0 atom stereocenters. The van der Waals surface area contributed by atoms with Crippen molar-refractivity contribution in [1.29, 1.82) is 0 Å². The third-order valence-electron chi connectivity index (χ3n) is 3.38. The topological polar surface area (TPSA) is 72.2 Å². The molecule has 1 aromatic carbocycles. The molecule has 0 radical (unpaired) electrons. The van der Waals surface area contributed by atoms with Gasteiger partial charge < -0.3 is 5.32 Å². The van der Waals surface area contributed by atoms with Gasteiger partial charge in [0.15, 0.2) is 5.82 Å². The van der Waals surface area contributed by atoms with Crippen LogP contribution in [0.25, 0.3) is 4.96 Å². The zero-order chi connectivity index (χ0) is 16.2. The molecule has 1 N–H and O–H groups in total. The fourth-order valence-electron chi connectivity index (χ4n) is 2.20. The lowest BCUT2D eigenvalue weighted by Crippen LogP contribution is -2.25. The second-order valence-electron chi connectivity index (χ2n) is 5.17. The minimum atomic E-state index is -0.276. The van der Waals surface area contributed by atoms with E-state index in [1.165, 1.54) is 23.5 Å². The van der Waals surface area contributed by atoms with Crippen LogP contribution in [0.15, 0.2) is 24.3 Å². The van der Waals surface area contributed by atoms with Crippen LogP contribution in [0.3, 0.4) is 0 Å². The van der Waals surface area contributed by atoms with Crippen molar-refractivity contribution in [3.8, 4) is 0 Å². The predicted molar refractivity (Wildman–Crippen MR) is 84.8 cm³/mol. The minimum Gasteiger partial charge on any atom is -0.356 e. The lowest BCUT2D eigenvalue weighted by molar-refractivity contribution is -0.121. The van der Waals surface area contributed by atoms with E-state index in [2.05, 4.69) is 20.6 Å². The molecule has 0 saturated carbocycles. The molecular formula is C15H16FN5OS. The van der Waals surface area contributed by atoms with E-state index in [4.69, 9.17) is 0 Å². The van der Waals surface area contributed by atoms with Crippen LogP contribution in [0.4, 0.5) is 4.39 Å². The van der Waals surface area contributed by atoms with Gasteiger partial charge in [-0.15, -0.1) is 10.2 Å². The summed E-state index contributed by atoms with van der Waals surface area (Å²) in [5, 5.41) is 16.1. The van der Waals surface area contributed by atoms with Gasteiger partial charge >= 0.3 is 0 Å². The molecule has 0 unspecified atom stereocenters. The number of rotatable bonds is 6. The van der Waals surface area contributed by atoms with Gasteiger partial charge in [-0.3, -0.25) is 4.79 Å². The Morgan fingerprint density at radius 3 is 3.00 bits per heavy atom. The normalized spacial score (nSPS) is 11.0. The number of fused-ring (bicyclic) bond motifs is 1. The van der Waals surface area contributed by atoms with Crippen LogP contribution in [0, 0.1) is 12.7 Å². The molecule has 23 heavy (non-hydrogen) atoms. The van der Waals surface area contributed by atoms with Gasteiger partial charge in [-0.05, 0) is 31.0 Å². The second kappa shape index (κ2) is 6.82. The third-order valence-corrected chi connectivity index (χ3v) is 4.34. The Balaban J connectivity index is 1.43. The van der Waals surface area contributed by atoms with Crippen LogP contribution < -0.4 is 5.32 Å². The van der Waals surface area contributed by atoms with Gasteiger partial charge in [0, 0.05) is 19.4 Å². The Morgan fingerprint density at radius 2 is 2.22 bits per heavy atom. The Labute approximate surface area is 136 Å². The third kappa shape index (κ3) is 3.89. The molecule has 3 rings (SSSR count). The summed E-state index contributed by atoms with van der Waals surface area (Å²) in [6.45, 7) is 2.36. The Hall–Kier alpha value is -2.35. The summed E-state index contributed by atoms with van der Waals surface area (Å²) in [5.41, 5.74) is 0.823. The van der Waals surface area contributed by atoms with Crippen LogP contribution in [0.5, 0.6) is 0 Å². The maximum atomic E-state index is 13.1. The highest BCUT2D eigenvalue weighted by Gasteiger charge is 2.09. The highest BCUT2D eigenvalue weighted by Crippen LogP contribution is 2.13. The lowest BCUT2D eigenvalue weighted by Gasteiger charge is -2.04. The van der Waals surface area contributed by atoms with Crippen LogP contribution >= 0.6 is 11.3 Å². The first-order valence-electron chi connectivity index (χ1n) is 7.30. The SMILES string of the molecule is Cc1nnc2sc(CCNC(=O)CCc3cccc(F)c3)nn12. The number of hydrogen-bond donors (Lipinski definition) is 1. The van der Waals surface area contributed by atoms with E-state index in [1.807, 2.05) is 13.0 Å². The summed E-state index contributed by atoms with van der Waals surface area (Å²) in [6.07, 6.45) is 1.52. The zero-order valence-corrected chi connectivity index (χ0v) is 13.4. The Kier molecular flexibility index (Phi) is 4.61. The van der Waals surface area contributed by atoms with E-state index in [-0.39, 0.29) is 11.7 Å². The summed E-state index contributed by atoms with van der Waals surface area (Å²) >= 11 is 1.47. The summed E-state index contributed by atoms with van der Waals surface area (Å²) < 4.78 is 14.8. The molecule has 0 saturated heterocycles. The number of nitrogens with zero attached hydrogens (tertiary/aromatic N) is 4. The van der Waals surface area contributed by atoms with Gasteiger partial charge in [-0.2, -0.15) is 9.61 Å². The first-order valence-corrected chi connectivity index (χ1v) is 8.12. The lowest BCUT2D eigenvalue weighted by atomic mass is 10.1. The van der Waals surface area contributed by atoms with E-state index in [1.54, 1.807) is 10.6 Å². The van der Waals surface area contributed by atoms with Gasteiger partial charge in [0.25, 0.3) is 0 Å². The van der Waals surface area contributed by atoms with Crippen molar-refractivity contribution < 1.29 is 9.18 Å². The van der Waals surface area contributed by atoms with Crippen LogP contribution in [-0.4, -0.2) is 32.3 Å². The molecule has 2 heterocycles. The van der Waals surface area contributed by atoms with E-state index in [9.17, 15) is 9.18 Å². The summed E-state index contributed by atoms with van der Waals surface area (Å²) in [4.78, 5) is 12.6. The molecule has 3 aromatic rings. The van der Waals surface area contributed by atoms with Crippen molar-refractivity contribution in [1.82, 2.24) is 25.1 Å². The van der Waals surface area contributed by atoms with Gasteiger partial charge in [-0.25, -0.2) is 4.39 Å². The Bertz CT molecular complexity index is 828. The number of nitrogens with one attached hydrogen (secondary N) is 1.